The zero-order valence-electron chi connectivity index (χ0n) is 11.2. The number of carboxylic acids is 1. The van der Waals surface area contributed by atoms with Crippen LogP contribution in [0.4, 0.5) is 5.69 Å². The van der Waals surface area contributed by atoms with E-state index in [9.17, 15) is 9.59 Å². The fourth-order valence-corrected chi connectivity index (χ4v) is 2.63. The number of hydrogen-bond donors (Lipinski definition) is 2. The molecule has 0 unspecified atom stereocenters. The molecule has 0 radical (unpaired) electrons. The van der Waals surface area contributed by atoms with Crippen molar-refractivity contribution in [2.45, 2.75) is 19.8 Å². The SMILES string of the molecule is Cc1ccc(NC(=O)[C@@H](C)c2cccs2)cc1C(=O)O. The third-order valence-corrected chi connectivity index (χ3v) is 4.15. The van der Waals surface area contributed by atoms with Gasteiger partial charge in [-0.3, -0.25) is 4.79 Å². The molecule has 2 aromatic rings. The quantitative estimate of drug-likeness (QED) is 0.905. The Balaban J connectivity index is 2.16. The Kier molecular flexibility index (Phi) is 4.20. The van der Waals surface area contributed by atoms with Crippen LogP contribution in [0.25, 0.3) is 0 Å². The van der Waals surface area contributed by atoms with Gasteiger partial charge in [0.2, 0.25) is 5.91 Å². The van der Waals surface area contributed by atoms with Crippen molar-refractivity contribution < 1.29 is 14.7 Å². The predicted octanol–water partition coefficient (Wildman–Crippen LogP) is 3.50. The van der Waals surface area contributed by atoms with Crippen LogP contribution >= 0.6 is 11.3 Å². The number of aryl methyl sites for hydroxylation is 1. The van der Waals surface area contributed by atoms with Crippen molar-refractivity contribution >= 4 is 28.9 Å². The predicted molar refractivity (Wildman–Crippen MR) is 79.5 cm³/mol. The monoisotopic (exact) mass is 289 g/mol. The maximum atomic E-state index is 12.1. The summed E-state index contributed by atoms with van der Waals surface area (Å²) in [5.41, 5.74) is 1.37. The highest BCUT2D eigenvalue weighted by atomic mass is 32.1. The Morgan fingerprint density at radius 3 is 2.65 bits per heavy atom. The molecule has 2 N–H and O–H groups in total. The first kappa shape index (κ1) is 14.3. The molecule has 104 valence electrons. The number of benzene rings is 1. The molecule has 20 heavy (non-hydrogen) atoms. The third kappa shape index (κ3) is 3.05. The van der Waals surface area contributed by atoms with Gasteiger partial charge in [0.1, 0.15) is 0 Å². The molecule has 0 bridgehead atoms. The van der Waals surface area contributed by atoms with Crippen LogP contribution in [0, 0.1) is 6.92 Å². The first-order chi connectivity index (χ1) is 9.49. The summed E-state index contributed by atoms with van der Waals surface area (Å²) < 4.78 is 0. The van der Waals surface area contributed by atoms with Crippen molar-refractivity contribution in [3.63, 3.8) is 0 Å². The minimum atomic E-state index is -0.995. The summed E-state index contributed by atoms with van der Waals surface area (Å²) in [6.45, 7) is 3.55. The highest BCUT2D eigenvalue weighted by Crippen LogP contribution is 2.23. The molecule has 1 aromatic carbocycles. The minimum absolute atomic E-state index is 0.146. The second-order valence-electron chi connectivity index (χ2n) is 4.56. The van der Waals surface area contributed by atoms with Crippen LogP contribution in [0.15, 0.2) is 35.7 Å². The van der Waals surface area contributed by atoms with E-state index in [1.54, 1.807) is 19.1 Å². The summed E-state index contributed by atoms with van der Waals surface area (Å²) >= 11 is 1.53. The second-order valence-corrected chi connectivity index (χ2v) is 5.54. The number of nitrogens with one attached hydrogen (secondary N) is 1. The molecule has 4 nitrogen and oxygen atoms in total. The summed E-state index contributed by atoms with van der Waals surface area (Å²) in [4.78, 5) is 24.2. The lowest BCUT2D eigenvalue weighted by molar-refractivity contribution is -0.117. The minimum Gasteiger partial charge on any atom is -0.478 e. The molecule has 1 atom stereocenters. The summed E-state index contributed by atoms with van der Waals surface area (Å²) in [6.07, 6.45) is 0. The van der Waals surface area contributed by atoms with E-state index in [0.29, 0.717) is 11.3 Å². The summed E-state index contributed by atoms with van der Waals surface area (Å²) in [5, 5.41) is 13.8. The van der Waals surface area contributed by atoms with Gasteiger partial charge in [-0.15, -0.1) is 11.3 Å². The van der Waals surface area contributed by atoms with Crippen LogP contribution < -0.4 is 5.32 Å². The molecular formula is C15H15NO3S. The zero-order chi connectivity index (χ0) is 14.7. The molecule has 0 saturated carbocycles. The average molecular weight is 289 g/mol. The number of hydrogen-bond acceptors (Lipinski definition) is 3. The van der Waals surface area contributed by atoms with Gasteiger partial charge < -0.3 is 10.4 Å². The van der Waals surface area contributed by atoms with E-state index in [1.165, 1.54) is 17.4 Å². The third-order valence-electron chi connectivity index (χ3n) is 3.10. The summed E-state index contributed by atoms with van der Waals surface area (Å²) in [5.74, 6) is -1.40. The highest BCUT2D eigenvalue weighted by molar-refractivity contribution is 7.10. The van der Waals surface area contributed by atoms with Gasteiger partial charge in [0.25, 0.3) is 0 Å². The van der Waals surface area contributed by atoms with E-state index < -0.39 is 5.97 Å². The lowest BCUT2D eigenvalue weighted by Gasteiger charge is -2.12. The van der Waals surface area contributed by atoms with Gasteiger partial charge in [-0.05, 0) is 43.0 Å². The van der Waals surface area contributed by atoms with E-state index in [1.807, 2.05) is 24.4 Å². The zero-order valence-corrected chi connectivity index (χ0v) is 12.0. The molecule has 0 spiro atoms. The maximum absolute atomic E-state index is 12.1. The van der Waals surface area contributed by atoms with Crippen LogP contribution in [0.1, 0.15) is 33.6 Å². The molecule has 0 aliphatic rings. The van der Waals surface area contributed by atoms with E-state index in [4.69, 9.17) is 5.11 Å². The molecule has 0 fully saturated rings. The lowest BCUT2D eigenvalue weighted by Crippen LogP contribution is -2.18. The van der Waals surface area contributed by atoms with Crippen LogP contribution in [-0.2, 0) is 4.79 Å². The number of carbonyl (C=O) groups is 2. The van der Waals surface area contributed by atoms with Gasteiger partial charge in [0, 0.05) is 10.6 Å². The molecule has 0 aliphatic carbocycles. The van der Waals surface area contributed by atoms with Crippen LogP contribution in [0.5, 0.6) is 0 Å². The highest BCUT2D eigenvalue weighted by Gasteiger charge is 2.17. The first-order valence-electron chi connectivity index (χ1n) is 6.17. The number of rotatable bonds is 4. The van der Waals surface area contributed by atoms with Crippen molar-refractivity contribution in [3.8, 4) is 0 Å². The number of anilines is 1. The van der Waals surface area contributed by atoms with Crippen LogP contribution in [0.2, 0.25) is 0 Å². The Labute approximate surface area is 121 Å². The Bertz CT molecular complexity index is 635. The van der Waals surface area contributed by atoms with Gasteiger partial charge in [-0.25, -0.2) is 4.79 Å². The normalized spacial score (nSPS) is 11.9. The second kappa shape index (κ2) is 5.88. The van der Waals surface area contributed by atoms with Crippen LogP contribution in [0.3, 0.4) is 0 Å². The van der Waals surface area contributed by atoms with Crippen molar-refractivity contribution in [2.75, 3.05) is 5.32 Å². The lowest BCUT2D eigenvalue weighted by atomic mass is 10.1. The molecule has 1 aromatic heterocycles. The Morgan fingerprint density at radius 2 is 2.05 bits per heavy atom. The molecule has 0 saturated heterocycles. The van der Waals surface area contributed by atoms with Crippen molar-refractivity contribution in [2.24, 2.45) is 0 Å². The standard InChI is InChI=1S/C15H15NO3S/c1-9-5-6-11(8-12(9)15(18)19)16-14(17)10(2)13-4-3-7-20-13/h3-8,10H,1-2H3,(H,16,17)(H,18,19)/t10-/m0/s1. The summed E-state index contributed by atoms with van der Waals surface area (Å²) in [6, 6.07) is 8.69. The number of carbonyl (C=O) groups excluding carboxylic acids is 1. The molecule has 1 amide bonds. The molecule has 1 heterocycles. The number of thiophene rings is 1. The van der Waals surface area contributed by atoms with E-state index in [-0.39, 0.29) is 17.4 Å². The topological polar surface area (TPSA) is 66.4 Å². The Hall–Kier alpha value is -2.14. The molecule has 0 aliphatic heterocycles. The number of aromatic carboxylic acids is 1. The van der Waals surface area contributed by atoms with Crippen molar-refractivity contribution in [1.82, 2.24) is 0 Å². The molecule has 5 heteroatoms. The average Bonchev–Trinajstić information content (AvgIpc) is 2.93. The number of amides is 1. The van der Waals surface area contributed by atoms with Gasteiger partial charge in [-0.1, -0.05) is 12.1 Å². The molecule has 2 rings (SSSR count). The smallest absolute Gasteiger partial charge is 0.336 e. The van der Waals surface area contributed by atoms with E-state index in [2.05, 4.69) is 5.32 Å². The van der Waals surface area contributed by atoms with Gasteiger partial charge in [0.15, 0.2) is 0 Å². The molecular weight excluding hydrogens is 274 g/mol. The largest absolute Gasteiger partial charge is 0.478 e. The van der Waals surface area contributed by atoms with E-state index >= 15 is 0 Å². The Morgan fingerprint density at radius 1 is 1.30 bits per heavy atom. The van der Waals surface area contributed by atoms with Gasteiger partial charge >= 0.3 is 5.97 Å². The fourth-order valence-electron chi connectivity index (χ4n) is 1.85. The van der Waals surface area contributed by atoms with E-state index in [0.717, 1.165) is 4.88 Å². The van der Waals surface area contributed by atoms with Crippen molar-refractivity contribution in [3.05, 3.63) is 51.7 Å². The number of carboxylic acid groups (broad SMARTS) is 1. The van der Waals surface area contributed by atoms with Gasteiger partial charge in [-0.2, -0.15) is 0 Å². The fraction of sp³-hybridized carbons (Fsp3) is 0.200. The first-order valence-corrected chi connectivity index (χ1v) is 7.05. The maximum Gasteiger partial charge on any atom is 0.336 e. The van der Waals surface area contributed by atoms with Gasteiger partial charge in [0.05, 0.1) is 11.5 Å². The van der Waals surface area contributed by atoms with Crippen molar-refractivity contribution in [1.29, 1.82) is 0 Å². The summed E-state index contributed by atoms with van der Waals surface area (Å²) in [7, 11) is 0. The van der Waals surface area contributed by atoms with Crippen LogP contribution in [-0.4, -0.2) is 17.0 Å².